The van der Waals surface area contributed by atoms with Crippen molar-refractivity contribution in [1.29, 1.82) is 0 Å². The minimum absolute atomic E-state index is 0.366. The van der Waals surface area contributed by atoms with Crippen LogP contribution in [0, 0.1) is 0 Å². The molecule has 3 aromatic rings. The van der Waals surface area contributed by atoms with Crippen LogP contribution in [0.4, 0.5) is 11.6 Å². The lowest BCUT2D eigenvalue weighted by Crippen LogP contribution is -2.43. The maximum absolute atomic E-state index is 2.43. The highest BCUT2D eigenvalue weighted by molar-refractivity contribution is 7.99. The van der Waals surface area contributed by atoms with Gasteiger partial charge in [-0.1, -0.05) is 42.1 Å². The van der Waals surface area contributed by atoms with Gasteiger partial charge < -0.3 is 0 Å². The van der Waals surface area contributed by atoms with E-state index < -0.39 is 0 Å². The van der Waals surface area contributed by atoms with Crippen molar-refractivity contribution in [2.45, 2.75) is 29.8 Å². The lowest BCUT2D eigenvalue weighted by Gasteiger charge is -2.28. The summed E-state index contributed by atoms with van der Waals surface area (Å²) < 4.78 is 4.65. The third-order valence-corrected chi connectivity index (χ3v) is 5.84. The standard InChI is InChI=1S/C19H20N3S2/c1-14(2)21-16-11-7-8-12-17(16)24-20-13-18(23-3)22(19(20)21)15-9-5-4-6-10-15/h4-14H,1-3H3/q+1. The first kappa shape index (κ1) is 15.7. The Morgan fingerprint density at radius 2 is 1.71 bits per heavy atom. The first-order valence-corrected chi connectivity index (χ1v) is 10.0. The molecule has 0 bridgehead atoms. The van der Waals surface area contributed by atoms with Gasteiger partial charge in [-0.3, -0.25) is 0 Å². The minimum Gasteiger partial charge on any atom is -0.227 e. The first-order valence-electron chi connectivity index (χ1n) is 8.04. The van der Waals surface area contributed by atoms with Crippen LogP contribution >= 0.6 is 23.7 Å². The molecule has 24 heavy (non-hydrogen) atoms. The maximum atomic E-state index is 2.43. The summed E-state index contributed by atoms with van der Waals surface area (Å²) >= 11 is 3.57. The molecule has 2 heterocycles. The smallest absolute Gasteiger partial charge is 0.227 e. The normalized spacial score (nSPS) is 13.1. The van der Waals surface area contributed by atoms with E-state index in [4.69, 9.17) is 0 Å². The number of benzene rings is 2. The maximum Gasteiger partial charge on any atom is 0.382 e. The molecule has 0 saturated heterocycles. The second-order valence-corrected chi connectivity index (χ2v) is 7.83. The molecule has 0 fully saturated rings. The molecule has 4 rings (SSSR count). The lowest BCUT2D eigenvalue weighted by molar-refractivity contribution is -0.620. The molecule has 3 nitrogen and oxygen atoms in total. The van der Waals surface area contributed by atoms with E-state index in [2.05, 4.69) is 94.3 Å². The molecule has 0 N–H and O–H groups in total. The Morgan fingerprint density at radius 1 is 1.00 bits per heavy atom. The largest absolute Gasteiger partial charge is 0.382 e. The summed E-state index contributed by atoms with van der Waals surface area (Å²) in [5.41, 5.74) is 2.47. The number of para-hydroxylation sites is 2. The molecule has 0 aliphatic carbocycles. The minimum atomic E-state index is 0.366. The summed E-state index contributed by atoms with van der Waals surface area (Å²) in [6, 6.07) is 19.6. The van der Waals surface area contributed by atoms with Crippen LogP contribution in [-0.2, 0) is 0 Å². The number of anilines is 2. The van der Waals surface area contributed by atoms with Crippen LogP contribution in [0.3, 0.4) is 0 Å². The summed E-state index contributed by atoms with van der Waals surface area (Å²) in [4.78, 5) is 3.72. The van der Waals surface area contributed by atoms with Gasteiger partial charge in [-0.2, -0.15) is 8.54 Å². The first-order chi connectivity index (χ1) is 11.7. The molecule has 1 aliphatic rings. The highest BCUT2D eigenvalue weighted by Gasteiger charge is 2.38. The average molecular weight is 355 g/mol. The molecule has 1 aliphatic heterocycles. The van der Waals surface area contributed by atoms with Gasteiger partial charge in [-0.05, 0) is 44.4 Å². The molecule has 2 aromatic carbocycles. The zero-order valence-corrected chi connectivity index (χ0v) is 15.6. The summed E-state index contributed by atoms with van der Waals surface area (Å²) in [6.07, 6.45) is 4.38. The quantitative estimate of drug-likeness (QED) is 0.490. The highest BCUT2D eigenvalue weighted by atomic mass is 32.2. The van der Waals surface area contributed by atoms with E-state index in [-0.39, 0.29) is 0 Å². The van der Waals surface area contributed by atoms with E-state index in [1.54, 1.807) is 23.7 Å². The zero-order chi connectivity index (χ0) is 16.7. The van der Waals surface area contributed by atoms with Crippen LogP contribution < -0.4 is 9.47 Å². The van der Waals surface area contributed by atoms with Gasteiger partial charge in [0.15, 0.2) is 5.03 Å². The van der Waals surface area contributed by atoms with Crippen LogP contribution in [0.1, 0.15) is 13.8 Å². The Labute approximate surface area is 151 Å². The molecule has 122 valence electrons. The van der Waals surface area contributed by atoms with E-state index >= 15 is 0 Å². The monoisotopic (exact) mass is 354 g/mol. The number of rotatable bonds is 3. The van der Waals surface area contributed by atoms with Gasteiger partial charge in [-0.25, -0.2) is 4.90 Å². The Bertz CT molecular complexity index is 872. The van der Waals surface area contributed by atoms with Crippen molar-refractivity contribution in [3.05, 3.63) is 60.8 Å². The number of hydrogen-bond acceptors (Lipinski definition) is 3. The van der Waals surface area contributed by atoms with Crippen molar-refractivity contribution < 1.29 is 4.57 Å². The summed E-state index contributed by atoms with van der Waals surface area (Å²) in [5, 5.41) is 1.24. The molecule has 0 spiro atoms. The molecule has 0 radical (unpaired) electrons. The predicted octanol–water partition coefficient (Wildman–Crippen LogP) is 4.90. The van der Waals surface area contributed by atoms with Crippen molar-refractivity contribution in [3.8, 4) is 5.69 Å². The van der Waals surface area contributed by atoms with Gasteiger partial charge in [0.2, 0.25) is 0 Å². The van der Waals surface area contributed by atoms with Gasteiger partial charge in [0.05, 0.1) is 22.9 Å². The molecule has 0 amide bonds. The van der Waals surface area contributed by atoms with Gasteiger partial charge in [-0.15, -0.1) is 0 Å². The Morgan fingerprint density at radius 3 is 2.42 bits per heavy atom. The fourth-order valence-electron chi connectivity index (χ4n) is 3.11. The number of nitrogens with zero attached hydrogens (tertiary/aromatic N) is 3. The molecule has 0 atom stereocenters. The van der Waals surface area contributed by atoms with Crippen LogP contribution in [0.25, 0.3) is 5.69 Å². The Kier molecular flexibility index (Phi) is 4.06. The molecule has 5 heteroatoms. The average Bonchev–Trinajstić information content (AvgIpc) is 2.97. The fourth-order valence-corrected chi connectivity index (χ4v) is 4.78. The SMILES string of the molecule is CSc1cn2c([n+]1-c1ccccc1)N(C(C)C)c1ccccc1S2. The van der Waals surface area contributed by atoms with Gasteiger partial charge in [0.1, 0.15) is 17.6 Å². The lowest BCUT2D eigenvalue weighted by atomic mass is 10.2. The fraction of sp³-hybridized carbons (Fsp3) is 0.211. The summed E-state index contributed by atoms with van der Waals surface area (Å²) in [5.74, 6) is 1.20. The van der Waals surface area contributed by atoms with E-state index in [9.17, 15) is 0 Å². The zero-order valence-electron chi connectivity index (χ0n) is 14.0. The third-order valence-electron chi connectivity index (χ3n) is 4.12. The van der Waals surface area contributed by atoms with E-state index in [0.717, 1.165) is 0 Å². The molecular weight excluding hydrogens is 334 g/mol. The van der Waals surface area contributed by atoms with Crippen LogP contribution in [0.2, 0.25) is 0 Å². The summed E-state index contributed by atoms with van der Waals surface area (Å²) in [7, 11) is 0. The summed E-state index contributed by atoms with van der Waals surface area (Å²) in [6.45, 7) is 4.50. The van der Waals surface area contributed by atoms with Crippen molar-refractivity contribution in [1.82, 2.24) is 3.97 Å². The van der Waals surface area contributed by atoms with Gasteiger partial charge in [0.25, 0.3) is 0 Å². The molecule has 0 saturated carbocycles. The van der Waals surface area contributed by atoms with E-state index in [1.165, 1.54) is 27.2 Å². The number of thioether (sulfide) groups is 1. The van der Waals surface area contributed by atoms with Crippen LogP contribution in [-0.4, -0.2) is 16.3 Å². The Balaban J connectivity index is 1.99. The second kappa shape index (κ2) is 6.22. The van der Waals surface area contributed by atoms with Crippen LogP contribution in [0.15, 0.2) is 70.7 Å². The third kappa shape index (κ3) is 2.43. The van der Waals surface area contributed by atoms with E-state index in [0.29, 0.717) is 6.04 Å². The van der Waals surface area contributed by atoms with E-state index in [1.807, 2.05) is 0 Å². The highest BCUT2D eigenvalue weighted by Crippen LogP contribution is 2.43. The molecule has 0 unspecified atom stereocenters. The van der Waals surface area contributed by atoms with Crippen molar-refractivity contribution in [2.75, 3.05) is 11.2 Å². The second-order valence-electron chi connectivity index (χ2n) is 5.99. The van der Waals surface area contributed by atoms with Crippen LogP contribution in [0.5, 0.6) is 0 Å². The predicted molar refractivity (Wildman–Crippen MR) is 103 cm³/mol. The van der Waals surface area contributed by atoms with Gasteiger partial charge in [0, 0.05) is 0 Å². The number of imidazole rings is 1. The Hall–Kier alpha value is -1.85. The number of aromatic nitrogens is 2. The molecular formula is C19H20N3S2+. The number of hydrogen-bond donors (Lipinski definition) is 0. The van der Waals surface area contributed by atoms with Gasteiger partial charge >= 0.3 is 5.95 Å². The van der Waals surface area contributed by atoms with Crippen molar-refractivity contribution >= 4 is 35.3 Å². The number of fused-ring (bicyclic) bond motifs is 2. The molecule has 1 aromatic heterocycles. The van der Waals surface area contributed by atoms with Crippen molar-refractivity contribution in [3.63, 3.8) is 0 Å². The van der Waals surface area contributed by atoms with Crippen molar-refractivity contribution in [2.24, 2.45) is 0 Å². The topological polar surface area (TPSA) is 12.0 Å².